The molecule has 0 aliphatic heterocycles. The van der Waals surface area contributed by atoms with Crippen LogP contribution in [-0.4, -0.2) is 24.1 Å². The van der Waals surface area contributed by atoms with E-state index in [2.05, 4.69) is 29.6 Å². The van der Waals surface area contributed by atoms with Crippen molar-refractivity contribution in [3.63, 3.8) is 0 Å². The topological polar surface area (TPSA) is 29.1 Å². The minimum atomic E-state index is -0.278. The third kappa shape index (κ3) is 5.79. The predicted molar refractivity (Wildman–Crippen MR) is 84.5 cm³/mol. The second-order valence-electron chi connectivity index (χ2n) is 5.73. The molecule has 0 heterocycles. The molecule has 0 aliphatic rings. The fraction of sp³-hybridized carbons (Fsp3) is 0.562. The lowest BCUT2D eigenvalue weighted by atomic mass is 9.87. The number of carbonyl (C=O) groups is 1. The van der Waals surface area contributed by atoms with Crippen LogP contribution in [0.4, 0.5) is 0 Å². The molecule has 0 aliphatic carbocycles. The first kappa shape index (κ1) is 16.3. The number of Topliss-reactive ketones (excluding diaryl/α,β-unsaturated/α-hetero) is 1. The van der Waals surface area contributed by atoms with Gasteiger partial charge in [-0.2, -0.15) is 11.8 Å². The Labute approximate surface area is 121 Å². The summed E-state index contributed by atoms with van der Waals surface area (Å²) in [5.74, 6) is 2.09. The van der Waals surface area contributed by atoms with Crippen LogP contribution in [0.2, 0.25) is 0 Å². The van der Waals surface area contributed by atoms with Crippen molar-refractivity contribution in [3.05, 3.63) is 35.9 Å². The predicted octanol–water partition coefficient (Wildman–Crippen LogP) is 3.51. The molecule has 0 amide bonds. The number of nitrogens with one attached hydrogen (secondary N) is 1. The summed E-state index contributed by atoms with van der Waals surface area (Å²) < 4.78 is 0. The van der Waals surface area contributed by atoms with Crippen molar-refractivity contribution >= 4 is 17.5 Å². The first-order valence-corrected chi connectivity index (χ1v) is 8.00. The van der Waals surface area contributed by atoms with Gasteiger partial charge in [-0.25, -0.2) is 0 Å². The van der Waals surface area contributed by atoms with E-state index < -0.39 is 0 Å². The number of benzene rings is 1. The Hall–Kier alpha value is -0.800. The molecule has 1 rings (SSSR count). The normalized spacial score (nSPS) is 13.3. The fourth-order valence-corrected chi connectivity index (χ4v) is 2.92. The number of carbonyl (C=O) groups excluding carboxylic acids is 1. The number of hydrogen-bond acceptors (Lipinski definition) is 3. The molecule has 19 heavy (non-hydrogen) atoms. The SMILES string of the molecule is CCNC(CSCc1ccccc1)C(=O)C(C)(C)C. The highest BCUT2D eigenvalue weighted by atomic mass is 32.2. The number of rotatable bonds is 7. The molecule has 0 radical (unpaired) electrons. The van der Waals surface area contributed by atoms with Crippen molar-refractivity contribution in [2.45, 2.75) is 39.5 Å². The first-order valence-electron chi connectivity index (χ1n) is 6.84. The van der Waals surface area contributed by atoms with Crippen LogP contribution in [0.5, 0.6) is 0 Å². The van der Waals surface area contributed by atoms with Crippen LogP contribution in [0, 0.1) is 5.41 Å². The summed E-state index contributed by atoms with van der Waals surface area (Å²) in [6, 6.07) is 10.3. The minimum Gasteiger partial charge on any atom is -0.307 e. The second kappa shape index (κ2) is 7.71. The number of thioether (sulfide) groups is 1. The van der Waals surface area contributed by atoms with Gasteiger partial charge in [0, 0.05) is 16.9 Å². The van der Waals surface area contributed by atoms with Crippen LogP contribution in [-0.2, 0) is 10.5 Å². The van der Waals surface area contributed by atoms with Crippen LogP contribution >= 0.6 is 11.8 Å². The summed E-state index contributed by atoms with van der Waals surface area (Å²) in [7, 11) is 0. The maximum absolute atomic E-state index is 12.3. The largest absolute Gasteiger partial charge is 0.307 e. The van der Waals surface area contributed by atoms with Gasteiger partial charge >= 0.3 is 0 Å². The summed E-state index contributed by atoms with van der Waals surface area (Å²) in [5.41, 5.74) is 1.03. The van der Waals surface area contributed by atoms with E-state index in [4.69, 9.17) is 0 Å². The Morgan fingerprint density at radius 3 is 2.42 bits per heavy atom. The number of ketones is 1. The number of likely N-dealkylation sites (N-methyl/N-ethyl adjacent to an activating group) is 1. The highest BCUT2D eigenvalue weighted by Gasteiger charge is 2.28. The van der Waals surface area contributed by atoms with E-state index in [1.165, 1.54) is 5.56 Å². The molecule has 0 saturated heterocycles. The lowest BCUT2D eigenvalue weighted by molar-refractivity contribution is -0.127. The number of hydrogen-bond donors (Lipinski definition) is 1. The first-order chi connectivity index (χ1) is 8.95. The van der Waals surface area contributed by atoms with Crippen LogP contribution in [0.15, 0.2) is 30.3 Å². The van der Waals surface area contributed by atoms with E-state index in [0.29, 0.717) is 5.78 Å². The van der Waals surface area contributed by atoms with Gasteiger partial charge in [0.2, 0.25) is 0 Å². The summed E-state index contributed by atoms with van der Waals surface area (Å²) in [6.07, 6.45) is 0. The summed E-state index contributed by atoms with van der Waals surface area (Å²) in [6.45, 7) is 8.84. The molecule has 1 N–H and O–H groups in total. The van der Waals surface area contributed by atoms with Gasteiger partial charge in [-0.15, -0.1) is 0 Å². The zero-order chi connectivity index (χ0) is 14.3. The van der Waals surface area contributed by atoms with E-state index in [1.807, 2.05) is 45.5 Å². The zero-order valence-corrected chi connectivity index (χ0v) is 13.2. The Balaban J connectivity index is 2.48. The van der Waals surface area contributed by atoms with E-state index >= 15 is 0 Å². The van der Waals surface area contributed by atoms with Crippen LogP contribution in [0.25, 0.3) is 0 Å². The molecule has 0 aromatic heterocycles. The highest BCUT2D eigenvalue weighted by molar-refractivity contribution is 7.98. The van der Waals surface area contributed by atoms with Gasteiger partial charge < -0.3 is 5.32 Å². The Kier molecular flexibility index (Phi) is 6.59. The summed E-state index contributed by atoms with van der Waals surface area (Å²) in [5, 5.41) is 3.30. The van der Waals surface area contributed by atoms with E-state index in [0.717, 1.165) is 18.1 Å². The van der Waals surface area contributed by atoms with Crippen LogP contribution in [0.3, 0.4) is 0 Å². The Morgan fingerprint density at radius 1 is 1.26 bits per heavy atom. The van der Waals surface area contributed by atoms with Crippen molar-refractivity contribution in [3.8, 4) is 0 Å². The molecule has 0 fully saturated rings. The molecule has 2 nitrogen and oxygen atoms in total. The molecule has 1 unspecified atom stereocenters. The minimum absolute atomic E-state index is 0.0429. The second-order valence-corrected chi connectivity index (χ2v) is 6.76. The van der Waals surface area contributed by atoms with Gasteiger partial charge in [-0.3, -0.25) is 4.79 Å². The fourth-order valence-electron chi connectivity index (χ4n) is 1.87. The zero-order valence-electron chi connectivity index (χ0n) is 12.4. The molecule has 3 heteroatoms. The van der Waals surface area contributed by atoms with Crippen molar-refractivity contribution in [1.29, 1.82) is 0 Å². The smallest absolute Gasteiger partial charge is 0.155 e. The van der Waals surface area contributed by atoms with Crippen molar-refractivity contribution < 1.29 is 4.79 Å². The van der Waals surface area contributed by atoms with Crippen molar-refractivity contribution in [1.82, 2.24) is 5.32 Å². The van der Waals surface area contributed by atoms with Crippen LogP contribution < -0.4 is 5.32 Å². The maximum atomic E-state index is 12.3. The third-order valence-electron chi connectivity index (χ3n) is 2.90. The van der Waals surface area contributed by atoms with Gasteiger partial charge in [-0.05, 0) is 12.1 Å². The molecular formula is C16H25NOS. The average molecular weight is 279 g/mol. The van der Waals surface area contributed by atoms with Gasteiger partial charge in [-0.1, -0.05) is 58.0 Å². The van der Waals surface area contributed by atoms with Crippen molar-refractivity contribution in [2.24, 2.45) is 5.41 Å². The molecule has 0 spiro atoms. The standard InChI is InChI=1S/C16H25NOS/c1-5-17-14(15(18)16(2,3)4)12-19-11-13-9-7-6-8-10-13/h6-10,14,17H,5,11-12H2,1-4H3. The van der Waals surface area contributed by atoms with E-state index in [-0.39, 0.29) is 11.5 Å². The maximum Gasteiger partial charge on any atom is 0.155 e. The average Bonchev–Trinajstić information content (AvgIpc) is 2.37. The van der Waals surface area contributed by atoms with Crippen LogP contribution in [0.1, 0.15) is 33.3 Å². The molecule has 0 bridgehead atoms. The lowest BCUT2D eigenvalue weighted by Gasteiger charge is -2.25. The Bertz CT molecular complexity index is 383. The Morgan fingerprint density at radius 2 is 1.89 bits per heavy atom. The summed E-state index contributed by atoms with van der Waals surface area (Å²) >= 11 is 1.82. The monoisotopic (exact) mass is 279 g/mol. The molecule has 106 valence electrons. The van der Waals surface area contributed by atoms with Gasteiger partial charge in [0.05, 0.1) is 6.04 Å². The molecule has 1 atom stereocenters. The lowest BCUT2D eigenvalue weighted by Crippen LogP contribution is -2.44. The van der Waals surface area contributed by atoms with Gasteiger partial charge in [0.25, 0.3) is 0 Å². The van der Waals surface area contributed by atoms with Crippen molar-refractivity contribution in [2.75, 3.05) is 12.3 Å². The molecule has 1 aromatic rings. The highest BCUT2D eigenvalue weighted by Crippen LogP contribution is 2.20. The molecular weight excluding hydrogens is 254 g/mol. The van der Waals surface area contributed by atoms with Gasteiger partial charge in [0.15, 0.2) is 5.78 Å². The quantitative estimate of drug-likeness (QED) is 0.828. The molecule has 1 aromatic carbocycles. The summed E-state index contributed by atoms with van der Waals surface area (Å²) in [4.78, 5) is 12.3. The third-order valence-corrected chi connectivity index (χ3v) is 4.01. The van der Waals surface area contributed by atoms with Gasteiger partial charge in [0.1, 0.15) is 0 Å². The molecule has 0 saturated carbocycles. The van der Waals surface area contributed by atoms with E-state index in [1.54, 1.807) is 0 Å². The van der Waals surface area contributed by atoms with E-state index in [9.17, 15) is 4.79 Å².